The van der Waals surface area contributed by atoms with Crippen LogP contribution in [0.3, 0.4) is 0 Å². The fourth-order valence-electron chi connectivity index (χ4n) is 2.90. The molecule has 0 fully saturated rings. The van der Waals surface area contributed by atoms with Crippen LogP contribution in [0.1, 0.15) is 69.8 Å². The van der Waals surface area contributed by atoms with Gasteiger partial charge in [0.1, 0.15) is 0 Å². The van der Waals surface area contributed by atoms with E-state index in [0.717, 1.165) is 19.3 Å². The third-order valence-electron chi connectivity index (χ3n) is 4.32. The van der Waals surface area contributed by atoms with Crippen molar-refractivity contribution in [3.05, 3.63) is 33.4 Å². The summed E-state index contributed by atoms with van der Waals surface area (Å²) in [5, 5.41) is 0.481. The van der Waals surface area contributed by atoms with Crippen LogP contribution in [0.4, 0.5) is 0 Å². The van der Waals surface area contributed by atoms with Crippen molar-refractivity contribution in [2.45, 2.75) is 70.6 Å². The summed E-state index contributed by atoms with van der Waals surface area (Å²) in [4.78, 5) is 11.3. The Hall–Kier alpha value is 0.540. The molecule has 0 amide bonds. The molecule has 0 aliphatic heterocycles. The predicted molar refractivity (Wildman–Crippen MR) is 122 cm³/mol. The van der Waals surface area contributed by atoms with E-state index in [9.17, 15) is 9.46 Å². The first-order valence-corrected chi connectivity index (χ1v) is 13.6. The van der Waals surface area contributed by atoms with Crippen molar-refractivity contribution < 1.29 is 18.5 Å². The van der Waals surface area contributed by atoms with Gasteiger partial charge in [0.2, 0.25) is 0 Å². The molecule has 1 unspecified atom stereocenters. The van der Waals surface area contributed by atoms with Crippen molar-refractivity contribution in [2.75, 3.05) is 18.5 Å². The smallest absolute Gasteiger partial charge is 0.267 e. The Balaban J connectivity index is 1.83. The average molecular weight is 574 g/mol. The Morgan fingerprint density at radius 1 is 0.889 bits per heavy atom. The zero-order valence-corrected chi connectivity index (χ0v) is 20.7. The second-order valence-corrected chi connectivity index (χ2v) is 10.2. The maximum atomic E-state index is 11.3. The highest BCUT2D eigenvalue weighted by Gasteiger charge is 2.07. The van der Waals surface area contributed by atoms with Crippen LogP contribution < -0.4 is 4.89 Å². The van der Waals surface area contributed by atoms with Gasteiger partial charge in [0, 0.05) is 8.90 Å². The lowest BCUT2D eigenvalue weighted by atomic mass is 10.0. The highest BCUT2D eigenvalue weighted by Crippen LogP contribution is 2.38. The van der Waals surface area contributed by atoms with Gasteiger partial charge in [-0.2, -0.15) is 0 Å². The summed E-state index contributed by atoms with van der Waals surface area (Å²) < 4.78 is 22.1. The van der Waals surface area contributed by atoms with Crippen LogP contribution in [0.2, 0.25) is 0 Å². The summed E-state index contributed by atoms with van der Waals surface area (Å²) in [6.07, 6.45) is 13.1. The number of phosphoric acid groups is 1. The van der Waals surface area contributed by atoms with Crippen molar-refractivity contribution in [3.63, 3.8) is 0 Å². The van der Waals surface area contributed by atoms with Crippen LogP contribution in [-0.2, 0) is 20.0 Å². The van der Waals surface area contributed by atoms with Crippen LogP contribution in [0.25, 0.3) is 0 Å². The van der Waals surface area contributed by atoms with Gasteiger partial charge in [-0.3, -0.25) is 4.57 Å². The molecule has 0 radical (unpaired) electrons. The molecule has 0 heterocycles. The quantitative estimate of drug-likeness (QED) is 0.0908. The molecule has 1 rings (SSSR count). The van der Waals surface area contributed by atoms with E-state index < -0.39 is 7.82 Å². The van der Waals surface area contributed by atoms with E-state index in [2.05, 4.69) is 67.3 Å². The predicted octanol–water partition coefficient (Wildman–Crippen LogP) is 6.63. The summed E-state index contributed by atoms with van der Waals surface area (Å²) in [5.41, 5.74) is 1.45. The van der Waals surface area contributed by atoms with Gasteiger partial charge in [0.05, 0.1) is 13.2 Å². The minimum absolute atomic E-state index is 0.117. The zero-order valence-electron chi connectivity index (χ0n) is 16.0. The molecular formula is C20H32BrIO4P-. The topological polar surface area (TPSA) is 58.6 Å². The monoisotopic (exact) mass is 573 g/mol. The molecule has 0 aromatic heterocycles. The highest BCUT2D eigenvalue weighted by molar-refractivity contribution is 14.1. The molecule has 156 valence electrons. The third-order valence-corrected chi connectivity index (χ3v) is 6.32. The van der Waals surface area contributed by atoms with Crippen LogP contribution >= 0.6 is 46.3 Å². The van der Waals surface area contributed by atoms with Gasteiger partial charge in [-0.25, -0.2) is 0 Å². The van der Waals surface area contributed by atoms with Crippen LogP contribution in [0.15, 0.2) is 24.3 Å². The summed E-state index contributed by atoms with van der Waals surface area (Å²) in [5.74, 6) is 0. The zero-order chi connectivity index (χ0) is 19.8. The van der Waals surface area contributed by atoms with Crippen LogP contribution in [-0.4, -0.2) is 18.5 Å². The summed E-state index contributed by atoms with van der Waals surface area (Å²) in [6.45, 7) is 0.343. The van der Waals surface area contributed by atoms with E-state index in [-0.39, 0.29) is 13.2 Å². The molecule has 7 heteroatoms. The van der Waals surface area contributed by atoms with E-state index in [4.69, 9.17) is 4.52 Å². The highest BCUT2D eigenvalue weighted by atomic mass is 127. The van der Waals surface area contributed by atoms with Crippen molar-refractivity contribution in [2.24, 2.45) is 0 Å². The molecular weight excluding hydrogens is 542 g/mol. The van der Waals surface area contributed by atoms with Gasteiger partial charge in [-0.1, -0.05) is 79.4 Å². The lowest BCUT2D eigenvalue weighted by molar-refractivity contribution is -0.225. The molecule has 27 heavy (non-hydrogen) atoms. The molecule has 0 bridgehead atoms. The van der Waals surface area contributed by atoms with E-state index in [1.807, 2.05) is 0 Å². The fraction of sp³-hybridized carbons (Fsp3) is 0.700. The molecule has 0 spiro atoms. The number of rotatable bonds is 17. The summed E-state index contributed by atoms with van der Waals surface area (Å²) >= 11 is 5.48. The van der Waals surface area contributed by atoms with E-state index in [1.54, 1.807) is 0 Å². The number of halogens is 2. The first kappa shape index (κ1) is 25.6. The average Bonchev–Trinajstić information content (AvgIpc) is 2.64. The SMILES string of the molecule is O=P([O-])(OCCBr)OCCCCCCCCCCCCc1cccc(I)c1. The lowest BCUT2D eigenvalue weighted by Gasteiger charge is -2.22. The molecule has 4 nitrogen and oxygen atoms in total. The van der Waals surface area contributed by atoms with Crippen molar-refractivity contribution >= 4 is 46.3 Å². The number of hydrogen-bond acceptors (Lipinski definition) is 4. The number of hydrogen-bond donors (Lipinski definition) is 0. The van der Waals surface area contributed by atoms with Crippen molar-refractivity contribution in [1.29, 1.82) is 0 Å². The molecule has 0 N–H and O–H groups in total. The normalized spacial score (nSPS) is 13.6. The summed E-state index contributed by atoms with van der Waals surface area (Å²) in [7, 11) is -4.09. The fourth-order valence-corrected chi connectivity index (χ4v) is 4.66. The van der Waals surface area contributed by atoms with Crippen LogP contribution in [0.5, 0.6) is 0 Å². The third kappa shape index (κ3) is 15.1. The Morgan fingerprint density at radius 2 is 1.44 bits per heavy atom. The van der Waals surface area contributed by atoms with Crippen molar-refractivity contribution in [1.82, 2.24) is 0 Å². The Bertz CT molecular complexity index is 544. The van der Waals surface area contributed by atoms with Gasteiger partial charge in [-0.05, 0) is 59.5 Å². The van der Waals surface area contributed by atoms with Gasteiger partial charge in [0.15, 0.2) is 0 Å². The summed E-state index contributed by atoms with van der Waals surface area (Å²) in [6, 6.07) is 8.78. The van der Waals surface area contributed by atoms with E-state index >= 15 is 0 Å². The first-order valence-electron chi connectivity index (χ1n) is 9.94. The molecule has 0 saturated carbocycles. The van der Waals surface area contributed by atoms with E-state index in [0.29, 0.717) is 5.33 Å². The number of aryl methyl sites for hydroxylation is 1. The van der Waals surface area contributed by atoms with Crippen LogP contribution in [0, 0.1) is 3.57 Å². The number of unbranched alkanes of at least 4 members (excludes halogenated alkanes) is 9. The Labute approximate surface area is 186 Å². The second kappa shape index (κ2) is 16.3. The minimum atomic E-state index is -4.09. The molecule has 1 aromatic carbocycles. The standard InChI is InChI=1S/C20H33BrIO4P/c21-15-17-26-27(23,24)25-16-10-8-6-4-2-1-3-5-7-9-12-19-13-11-14-20(22)18-19/h11,13-14,18H,1-10,12,15-17H2,(H,23,24)/p-1. The Kier molecular flexibility index (Phi) is 15.5. The molecule has 1 atom stereocenters. The van der Waals surface area contributed by atoms with Crippen molar-refractivity contribution in [3.8, 4) is 0 Å². The molecule has 1 aromatic rings. The van der Waals surface area contributed by atoms with E-state index in [1.165, 1.54) is 60.5 Å². The molecule has 0 saturated heterocycles. The first-order chi connectivity index (χ1) is 13.0. The largest absolute Gasteiger partial charge is 0.756 e. The lowest BCUT2D eigenvalue weighted by Crippen LogP contribution is -2.10. The van der Waals surface area contributed by atoms with Gasteiger partial charge < -0.3 is 13.9 Å². The van der Waals surface area contributed by atoms with Gasteiger partial charge in [-0.15, -0.1) is 0 Å². The molecule has 0 aliphatic rings. The minimum Gasteiger partial charge on any atom is -0.756 e. The molecule has 0 aliphatic carbocycles. The number of benzene rings is 1. The maximum absolute atomic E-state index is 11.3. The van der Waals surface area contributed by atoms with Gasteiger partial charge >= 0.3 is 0 Å². The maximum Gasteiger partial charge on any atom is 0.267 e. The Morgan fingerprint density at radius 3 is 2.04 bits per heavy atom. The number of alkyl halides is 1. The second-order valence-electron chi connectivity index (χ2n) is 6.72. The van der Waals surface area contributed by atoms with Gasteiger partial charge in [0.25, 0.3) is 7.82 Å². The number of phosphoric ester groups is 1.